The Hall–Kier alpha value is -2.46. The molecule has 0 aliphatic rings. The monoisotopic (exact) mass is 1360 g/mol. The lowest BCUT2D eigenvalue weighted by Gasteiger charge is -2.21. The van der Waals surface area contributed by atoms with Crippen molar-refractivity contribution in [2.45, 2.75) is 374 Å². The van der Waals surface area contributed by atoms with Crippen LogP contribution in [0.3, 0.4) is 0 Å². The van der Waals surface area contributed by atoms with Gasteiger partial charge in [-0.25, -0.2) is 9.13 Å². The summed E-state index contributed by atoms with van der Waals surface area (Å²) in [6, 6.07) is 0. The summed E-state index contributed by atoms with van der Waals surface area (Å²) in [6.45, 7) is 9.42. The van der Waals surface area contributed by atoms with Crippen molar-refractivity contribution in [1.82, 2.24) is 0 Å². The molecule has 17 nitrogen and oxygen atoms in total. The lowest BCUT2D eigenvalue weighted by atomic mass is 9.99. The predicted octanol–water partition coefficient (Wildman–Crippen LogP) is 21.1. The van der Waals surface area contributed by atoms with Crippen LogP contribution >= 0.6 is 15.6 Å². The van der Waals surface area contributed by atoms with Crippen molar-refractivity contribution < 1.29 is 80.2 Å². The van der Waals surface area contributed by atoms with Gasteiger partial charge >= 0.3 is 39.5 Å². The molecular weight excluding hydrogens is 1220 g/mol. The van der Waals surface area contributed by atoms with Gasteiger partial charge in [0.05, 0.1) is 26.4 Å². The van der Waals surface area contributed by atoms with Crippen molar-refractivity contribution in [2.24, 2.45) is 11.8 Å². The number of allylic oxidation sites excluding steroid dienone is 4. The summed E-state index contributed by atoms with van der Waals surface area (Å²) in [5.41, 5.74) is 0. The summed E-state index contributed by atoms with van der Waals surface area (Å²) < 4.78 is 68.4. The van der Waals surface area contributed by atoms with Crippen LogP contribution in [0, 0.1) is 11.8 Å². The zero-order valence-electron chi connectivity index (χ0n) is 60.0. The van der Waals surface area contributed by atoms with Crippen LogP contribution in [0.2, 0.25) is 0 Å². The number of hydrogen-bond acceptors (Lipinski definition) is 15. The van der Waals surface area contributed by atoms with Crippen molar-refractivity contribution in [3.05, 3.63) is 24.3 Å². The minimum atomic E-state index is -4.96. The molecule has 0 rings (SSSR count). The summed E-state index contributed by atoms with van der Waals surface area (Å²) >= 11 is 0. The molecule has 0 amide bonds. The van der Waals surface area contributed by atoms with Gasteiger partial charge in [-0.1, -0.05) is 303 Å². The Bertz CT molecular complexity index is 1900. The third kappa shape index (κ3) is 66.6. The zero-order chi connectivity index (χ0) is 68.6. The second-order valence-corrected chi connectivity index (χ2v) is 29.6. The summed E-state index contributed by atoms with van der Waals surface area (Å²) in [5, 5.41) is 10.6. The third-order valence-corrected chi connectivity index (χ3v) is 18.8. The summed E-state index contributed by atoms with van der Waals surface area (Å²) in [6.07, 6.45) is 55.0. The van der Waals surface area contributed by atoms with Gasteiger partial charge < -0.3 is 33.8 Å². The van der Waals surface area contributed by atoms with Crippen LogP contribution < -0.4 is 0 Å². The summed E-state index contributed by atoms with van der Waals surface area (Å²) in [5.74, 6) is -0.707. The lowest BCUT2D eigenvalue weighted by Crippen LogP contribution is -2.30. The summed E-state index contributed by atoms with van der Waals surface area (Å²) in [7, 11) is -9.92. The number of ether oxygens (including phenoxy) is 4. The molecule has 0 aromatic rings. The number of esters is 4. The number of unbranched alkanes of at least 4 members (excludes halogenated alkanes) is 37. The van der Waals surface area contributed by atoms with Crippen molar-refractivity contribution in [2.75, 3.05) is 39.6 Å². The van der Waals surface area contributed by atoms with E-state index in [2.05, 4.69) is 65.8 Å². The minimum Gasteiger partial charge on any atom is -0.462 e. The van der Waals surface area contributed by atoms with E-state index in [0.717, 1.165) is 121 Å². The second kappa shape index (κ2) is 65.5. The Morgan fingerprint density at radius 1 is 0.355 bits per heavy atom. The van der Waals surface area contributed by atoms with Gasteiger partial charge in [0.2, 0.25) is 0 Å². The van der Waals surface area contributed by atoms with E-state index in [1.54, 1.807) is 0 Å². The topological polar surface area (TPSA) is 237 Å². The van der Waals surface area contributed by atoms with Crippen LogP contribution in [0.4, 0.5) is 0 Å². The SMILES string of the molecule is CCCCCC/C=C\C=C/CCCCCCCC(=O)OC[C@H](COP(=O)(O)OC[C@@H](O)COP(=O)(O)OC[C@@H](COC(=O)CCCCCCCCC(C)C)OC(=O)CCCCCCCCCCC(C)CC)OC(=O)CCCCCCCCCCCCCCCCCCC. The maximum atomic E-state index is 13.1. The van der Waals surface area contributed by atoms with Gasteiger partial charge in [0, 0.05) is 25.7 Å². The molecule has 0 aliphatic heterocycles. The number of rotatable bonds is 71. The molecular formula is C74H140O17P2. The highest BCUT2D eigenvalue weighted by atomic mass is 31.2. The zero-order valence-corrected chi connectivity index (χ0v) is 61.8. The minimum absolute atomic E-state index is 0.101. The van der Waals surface area contributed by atoms with E-state index in [1.807, 2.05) is 0 Å². The van der Waals surface area contributed by atoms with Crippen LogP contribution in [0.15, 0.2) is 24.3 Å². The Kier molecular flexibility index (Phi) is 63.7. The molecule has 0 fully saturated rings. The molecule has 3 unspecified atom stereocenters. The van der Waals surface area contributed by atoms with Gasteiger partial charge in [-0.3, -0.25) is 37.3 Å². The molecule has 19 heteroatoms. The van der Waals surface area contributed by atoms with Crippen LogP contribution in [-0.4, -0.2) is 96.7 Å². The Labute approximate surface area is 567 Å². The van der Waals surface area contributed by atoms with Gasteiger partial charge in [-0.15, -0.1) is 0 Å². The van der Waals surface area contributed by atoms with Crippen LogP contribution in [0.1, 0.15) is 356 Å². The van der Waals surface area contributed by atoms with E-state index >= 15 is 0 Å². The molecule has 3 N–H and O–H groups in total. The summed E-state index contributed by atoms with van der Waals surface area (Å²) in [4.78, 5) is 72.7. The first kappa shape index (κ1) is 90.5. The van der Waals surface area contributed by atoms with Crippen LogP contribution in [0.5, 0.6) is 0 Å². The maximum Gasteiger partial charge on any atom is 0.472 e. The molecule has 0 saturated heterocycles. The van der Waals surface area contributed by atoms with Gasteiger partial charge in [-0.2, -0.15) is 0 Å². The van der Waals surface area contributed by atoms with Crippen molar-refractivity contribution in [1.29, 1.82) is 0 Å². The van der Waals surface area contributed by atoms with E-state index in [1.165, 1.54) is 148 Å². The number of phosphoric ester groups is 2. The molecule has 0 bridgehead atoms. The van der Waals surface area contributed by atoms with E-state index in [0.29, 0.717) is 31.6 Å². The standard InChI is InChI=1S/C74H140O17P2/c1-7-10-12-14-16-18-20-22-24-25-27-29-31-33-38-46-52-58-73(78)90-69(62-84-71(76)56-50-44-37-32-30-28-26-23-21-19-17-15-13-11-8-2)64-88-92(80,81)86-60-68(75)61-87-93(82,83)89-65-70(63-85-72(77)57-51-45-41-40-42-48-54-66(4)5)91-74(79)59-53-47-39-35-34-36-43-49-55-67(6)9-3/h19,21,23,26,66-70,75H,7-18,20,22,24-25,27-65H2,1-6H3,(H,80,81)(H,82,83)/b21-19-,26-23-/t67?,68-,69-,70-/m1/s1. The first-order valence-corrected chi connectivity index (χ1v) is 40.8. The van der Waals surface area contributed by atoms with Crippen molar-refractivity contribution >= 4 is 39.5 Å². The lowest BCUT2D eigenvalue weighted by molar-refractivity contribution is -0.161. The number of phosphoric acid groups is 2. The first-order valence-electron chi connectivity index (χ1n) is 37.8. The highest BCUT2D eigenvalue weighted by Gasteiger charge is 2.30. The fourth-order valence-electron chi connectivity index (χ4n) is 10.7. The predicted molar refractivity (Wildman–Crippen MR) is 377 cm³/mol. The molecule has 548 valence electrons. The van der Waals surface area contributed by atoms with Gasteiger partial charge in [0.15, 0.2) is 12.2 Å². The fourth-order valence-corrected chi connectivity index (χ4v) is 12.3. The number of carbonyl (C=O) groups is 4. The third-order valence-electron chi connectivity index (χ3n) is 16.9. The first-order chi connectivity index (χ1) is 44.9. The number of aliphatic hydroxyl groups excluding tert-OH is 1. The molecule has 0 spiro atoms. The van der Waals surface area contributed by atoms with Gasteiger partial charge in [-0.05, 0) is 63.2 Å². The van der Waals surface area contributed by atoms with Gasteiger partial charge in [0.1, 0.15) is 19.3 Å². The molecule has 0 saturated carbocycles. The maximum absolute atomic E-state index is 13.1. The average molecular weight is 1360 g/mol. The highest BCUT2D eigenvalue weighted by Crippen LogP contribution is 2.45. The molecule has 0 heterocycles. The Balaban J connectivity index is 5.28. The van der Waals surface area contributed by atoms with E-state index < -0.39 is 97.5 Å². The Morgan fingerprint density at radius 3 is 0.968 bits per heavy atom. The van der Waals surface area contributed by atoms with E-state index in [4.69, 9.17) is 37.0 Å². The van der Waals surface area contributed by atoms with Crippen LogP contribution in [0.25, 0.3) is 0 Å². The van der Waals surface area contributed by atoms with Crippen LogP contribution in [-0.2, 0) is 65.4 Å². The van der Waals surface area contributed by atoms with E-state index in [-0.39, 0.29) is 25.7 Å². The van der Waals surface area contributed by atoms with Crippen molar-refractivity contribution in [3.8, 4) is 0 Å². The quantitative estimate of drug-likeness (QED) is 0.0169. The normalized spacial score (nSPS) is 14.5. The molecule has 93 heavy (non-hydrogen) atoms. The molecule has 0 radical (unpaired) electrons. The number of carbonyl (C=O) groups excluding carboxylic acids is 4. The number of hydrogen-bond donors (Lipinski definition) is 3. The largest absolute Gasteiger partial charge is 0.472 e. The molecule has 0 aromatic carbocycles. The number of aliphatic hydroxyl groups is 1. The molecule has 0 aromatic heterocycles. The average Bonchev–Trinajstić information content (AvgIpc) is 1.80. The second-order valence-electron chi connectivity index (χ2n) is 26.7. The molecule has 0 aliphatic carbocycles. The molecule has 6 atom stereocenters. The smallest absolute Gasteiger partial charge is 0.462 e. The van der Waals surface area contributed by atoms with E-state index in [9.17, 15) is 43.2 Å². The Morgan fingerprint density at radius 2 is 0.634 bits per heavy atom. The highest BCUT2D eigenvalue weighted by molar-refractivity contribution is 7.47. The fraction of sp³-hybridized carbons (Fsp3) is 0.892. The van der Waals surface area contributed by atoms with Crippen molar-refractivity contribution in [3.63, 3.8) is 0 Å². The van der Waals surface area contributed by atoms with Gasteiger partial charge in [0.25, 0.3) is 0 Å².